The molecule has 3 aliphatic rings. The number of hydrogen-bond acceptors (Lipinski definition) is 4. The molecule has 3 fully saturated rings. The van der Waals surface area contributed by atoms with Crippen LogP contribution in [0.3, 0.4) is 0 Å². The van der Waals surface area contributed by atoms with Crippen molar-refractivity contribution in [1.82, 2.24) is 10.2 Å². The van der Waals surface area contributed by atoms with Crippen LogP contribution in [-0.4, -0.2) is 54.1 Å². The van der Waals surface area contributed by atoms with E-state index in [1.807, 2.05) is 0 Å². The lowest BCUT2D eigenvalue weighted by Crippen LogP contribution is -2.66. The monoisotopic (exact) mass is 382 g/mol. The maximum Gasteiger partial charge on any atom is 0.146 e. The molecule has 0 unspecified atom stereocenters. The average molecular weight is 383 g/mol. The Bertz CT molecular complexity index is 701. The highest BCUT2D eigenvalue weighted by Crippen LogP contribution is 2.50. The topological polar surface area (TPSA) is 52.6 Å². The molecule has 1 spiro atoms. The summed E-state index contributed by atoms with van der Waals surface area (Å²) in [5, 5.41) is 12.7. The molecule has 2 atom stereocenters. The summed E-state index contributed by atoms with van der Waals surface area (Å²) in [6, 6.07) is 12.0. The third kappa shape index (κ3) is 4.56. The Labute approximate surface area is 169 Å². The molecule has 1 aromatic carbocycles. The molecular weight excluding hydrogens is 348 g/mol. The zero-order chi connectivity index (χ0) is 19.6. The van der Waals surface area contributed by atoms with Crippen molar-refractivity contribution in [2.75, 3.05) is 26.2 Å². The van der Waals surface area contributed by atoms with Crippen molar-refractivity contribution in [2.24, 2.45) is 11.3 Å². The molecule has 1 saturated heterocycles. The van der Waals surface area contributed by atoms with E-state index < -0.39 is 0 Å². The van der Waals surface area contributed by atoms with E-state index in [4.69, 9.17) is 5.11 Å². The van der Waals surface area contributed by atoms with Gasteiger partial charge in [-0.3, -0.25) is 9.69 Å². The zero-order valence-corrected chi connectivity index (χ0v) is 17.1. The standard InChI is InChI=1S/C24H34N2O2/c1-2-19(11-18-7-4-3-5-8-18)22-12-23(22)25-20-13-24(14-20)16-26(17-24)15-21(28)9-6-10-27/h3-5,7-8,11,20,22-23,25,27H,2,6,9-10,12-17H2,1H3/b19-11+/t22-,23+/m1/s1. The van der Waals surface area contributed by atoms with Gasteiger partial charge in [0.2, 0.25) is 0 Å². The van der Waals surface area contributed by atoms with Gasteiger partial charge >= 0.3 is 0 Å². The van der Waals surface area contributed by atoms with E-state index in [0.29, 0.717) is 42.8 Å². The highest BCUT2D eigenvalue weighted by Gasteiger charge is 2.54. The second-order valence-electron chi connectivity index (χ2n) is 9.22. The summed E-state index contributed by atoms with van der Waals surface area (Å²) in [5.41, 5.74) is 3.37. The molecule has 4 heteroatoms. The maximum atomic E-state index is 11.8. The minimum atomic E-state index is 0.117. The number of carbonyl (C=O) groups is 1. The molecule has 1 aromatic rings. The van der Waals surface area contributed by atoms with Crippen LogP contribution in [0, 0.1) is 11.3 Å². The minimum absolute atomic E-state index is 0.117. The number of hydrogen-bond donors (Lipinski definition) is 2. The molecule has 1 aliphatic heterocycles. The van der Waals surface area contributed by atoms with Crippen molar-refractivity contribution in [3.8, 4) is 0 Å². The van der Waals surface area contributed by atoms with E-state index >= 15 is 0 Å². The summed E-state index contributed by atoms with van der Waals surface area (Å²) in [5.74, 6) is 0.986. The van der Waals surface area contributed by atoms with Gasteiger partial charge in [-0.05, 0) is 49.0 Å². The van der Waals surface area contributed by atoms with Crippen LogP contribution in [0.1, 0.15) is 51.0 Å². The first-order valence-corrected chi connectivity index (χ1v) is 11.0. The predicted octanol–water partition coefficient (Wildman–Crippen LogP) is 3.26. The first-order chi connectivity index (χ1) is 13.6. The van der Waals surface area contributed by atoms with Crippen molar-refractivity contribution in [1.29, 1.82) is 0 Å². The summed E-state index contributed by atoms with van der Waals surface area (Å²) in [7, 11) is 0. The van der Waals surface area contributed by atoms with Gasteiger partial charge in [0.1, 0.15) is 5.78 Å². The molecule has 2 N–H and O–H groups in total. The summed E-state index contributed by atoms with van der Waals surface area (Å²) in [6.45, 7) is 5.13. The molecule has 2 aliphatic carbocycles. The van der Waals surface area contributed by atoms with E-state index in [9.17, 15) is 4.79 Å². The number of nitrogens with one attached hydrogen (secondary N) is 1. The van der Waals surface area contributed by atoms with Crippen LogP contribution >= 0.6 is 0 Å². The minimum Gasteiger partial charge on any atom is -0.396 e. The molecule has 2 saturated carbocycles. The fourth-order valence-corrected chi connectivity index (χ4v) is 5.31. The number of likely N-dealkylation sites (tertiary alicyclic amines) is 1. The van der Waals surface area contributed by atoms with Crippen LogP contribution < -0.4 is 5.32 Å². The first kappa shape index (κ1) is 19.8. The molecule has 0 aromatic heterocycles. The fraction of sp³-hybridized carbons (Fsp3) is 0.625. The van der Waals surface area contributed by atoms with E-state index in [0.717, 1.165) is 19.5 Å². The van der Waals surface area contributed by atoms with Gasteiger partial charge in [-0.25, -0.2) is 0 Å². The second kappa shape index (κ2) is 8.48. The number of aliphatic hydroxyl groups excluding tert-OH is 1. The Morgan fingerprint density at radius 1 is 1.29 bits per heavy atom. The molecule has 0 radical (unpaired) electrons. The molecule has 1 heterocycles. The van der Waals surface area contributed by atoms with E-state index in [2.05, 4.69) is 53.5 Å². The molecular formula is C24H34N2O2. The van der Waals surface area contributed by atoms with Crippen molar-refractivity contribution in [2.45, 2.75) is 57.5 Å². The number of nitrogens with zero attached hydrogens (tertiary/aromatic N) is 1. The summed E-state index contributed by atoms with van der Waals surface area (Å²) in [6.07, 6.45) is 8.44. The maximum absolute atomic E-state index is 11.8. The number of Topliss-reactive ketones (excluding diaryl/α,β-unsaturated/α-hetero) is 1. The van der Waals surface area contributed by atoms with Gasteiger partial charge in [-0.1, -0.05) is 48.9 Å². The highest BCUT2D eigenvalue weighted by molar-refractivity contribution is 5.80. The van der Waals surface area contributed by atoms with Gasteiger partial charge in [-0.2, -0.15) is 0 Å². The van der Waals surface area contributed by atoms with Gasteiger partial charge in [0.05, 0.1) is 6.54 Å². The van der Waals surface area contributed by atoms with Crippen molar-refractivity contribution in [3.63, 3.8) is 0 Å². The van der Waals surface area contributed by atoms with E-state index in [1.165, 1.54) is 24.8 Å². The van der Waals surface area contributed by atoms with Gasteiger partial charge < -0.3 is 10.4 Å². The van der Waals surface area contributed by atoms with Crippen LogP contribution in [0.2, 0.25) is 0 Å². The lowest BCUT2D eigenvalue weighted by Gasteiger charge is -2.59. The van der Waals surface area contributed by atoms with E-state index in [1.54, 1.807) is 5.57 Å². The summed E-state index contributed by atoms with van der Waals surface area (Å²) >= 11 is 0. The summed E-state index contributed by atoms with van der Waals surface area (Å²) in [4.78, 5) is 14.1. The first-order valence-electron chi connectivity index (χ1n) is 11.0. The number of ketones is 1. The zero-order valence-electron chi connectivity index (χ0n) is 17.1. The van der Waals surface area contributed by atoms with Crippen molar-refractivity contribution >= 4 is 11.9 Å². The van der Waals surface area contributed by atoms with Crippen LogP contribution in [0.4, 0.5) is 0 Å². The third-order valence-corrected chi connectivity index (χ3v) is 6.77. The number of rotatable bonds is 10. The smallest absolute Gasteiger partial charge is 0.146 e. The van der Waals surface area contributed by atoms with Gasteiger partial charge in [0.25, 0.3) is 0 Å². The number of benzene rings is 1. The molecule has 0 amide bonds. The predicted molar refractivity (Wildman–Crippen MR) is 113 cm³/mol. The Hall–Kier alpha value is -1.49. The van der Waals surface area contributed by atoms with Crippen LogP contribution in [0.25, 0.3) is 6.08 Å². The largest absolute Gasteiger partial charge is 0.396 e. The Kier molecular flexibility index (Phi) is 6.00. The third-order valence-electron chi connectivity index (χ3n) is 6.77. The molecule has 4 nitrogen and oxygen atoms in total. The SMILES string of the molecule is CC/C(=C\c1ccccc1)[C@H]1C[C@@H]1NC1CC2(C1)CN(CC(=O)CCCO)C2. The van der Waals surface area contributed by atoms with Crippen LogP contribution in [-0.2, 0) is 4.79 Å². The lowest BCUT2D eigenvalue weighted by atomic mass is 9.60. The fourth-order valence-electron chi connectivity index (χ4n) is 5.31. The van der Waals surface area contributed by atoms with Crippen molar-refractivity contribution in [3.05, 3.63) is 41.5 Å². The molecule has 0 bridgehead atoms. The van der Waals surface area contributed by atoms with Gasteiger partial charge in [0.15, 0.2) is 0 Å². The highest BCUT2D eigenvalue weighted by atomic mass is 16.3. The average Bonchev–Trinajstić information content (AvgIpc) is 3.40. The Balaban J connectivity index is 1.17. The second-order valence-corrected chi connectivity index (χ2v) is 9.22. The molecule has 4 rings (SSSR count). The quantitative estimate of drug-likeness (QED) is 0.652. The van der Waals surface area contributed by atoms with E-state index in [-0.39, 0.29) is 12.4 Å². The Morgan fingerprint density at radius 3 is 2.71 bits per heavy atom. The lowest BCUT2D eigenvalue weighted by molar-refractivity contribution is -0.128. The number of aliphatic hydroxyl groups is 1. The molecule has 152 valence electrons. The Morgan fingerprint density at radius 2 is 2.04 bits per heavy atom. The van der Waals surface area contributed by atoms with Gasteiger partial charge in [-0.15, -0.1) is 0 Å². The van der Waals surface area contributed by atoms with Crippen LogP contribution in [0.5, 0.6) is 0 Å². The van der Waals surface area contributed by atoms with Crippen molar-refractivity contribution < 1.29 is 9.90 Å². The summed E-state index contributed by atoms with van der Waals surface area (Å²) < 4.78 is 0. The van der Waals surface area contributed by atoms with Gasteiger partial charge in [0, 0.05) is 38.2 Å². The molecule has 28 heavy (non-hydrogen) atoms. The normalized spacial score (nSPS) is 26.7. The van der Waals surface area contributed by atoms with Crippen LogP contribution in [0.15, 0.2) is 35.9 Å². The number of carbonyl (C=O) groups excluding carboxylic acids is 1.